The quantitative estimate of drug-likeness (QED) is 0.796. The van der Waals surface area contributed by atoms with Gasteiger partial charge in [-0.05, 0) is 31.5 Å². The van der Waals surface area contributed by atoms with Crippen LogP contribution in [0.3, 0.4) is 0 Å². The van der Waals surface area contributed by atoms with E-state index in [0.717, 1.165) is 5.56 Å². The van der Waals surface area contributed by atoms with E-state index in [1.165, 1.54) is 0 Å². The number of nitrogens with one attached hydrogen (secondary N) is 1. The highest BCUT2D eigenvalue weighted by atomic mass is 16.4. The van der Waals surface area contributed by atoms with Crippen molar-refractivity contribution in [1.82, 2.24) is 4.98 Å². The number of benzene rings is 1. The van der Waals surface area contributed by atoms with Gasteiger partial charge >= 0.3 is 0 Å². The lowest BCUT2D eigenvalue weighted by molar-refractivity contribution is 0.0994. The van der Waals surface area contributed by atoms with Gasteiger partial charge in [-0.1, -0.05) is 6.07 Å². The lowest BCUT2D eigenvalue weighted by Crippen LogP contribution is -2.13. The molecule has 5 heteroatoms. The molecular weight excluding hydrogens is 230 g/mol. The second-order valence-corrected chi connectivity index (χ2v) is 4.12. The van der Waals surface area contributed by atoms with Gasteiger partial charge < -0.3 is 15.5 Å². The fourth-order valence-electron chi connectivity index (χ4n) is 1.71. The van der Waals surface area contributed by atoms with Gasteiger partial charge in [0.05, 0.1) is 5.69 Å². The Morgan fingerprint density at radius 2 is 2.06 bits per heavy atom. The molecular formula is C13H15N3O2. The van der Waals surface area contributed by atoms with Crippen molar-refractivity contribution < 1.29 is 9.21 Å². The first-order valence-electron chi connectivity index (χ1n) is 5.59. The topological polar surface area (TPSA) is 81.2 Å². The first kappa shape index (κ1) is 12.2. The molecule has 1 amide bonds. The Bertz CT molecular complexity index is 602. The molecule has 0 saturated carbocycles. The number of aryl methyl sites for hydroxylation is 2. The Morgan fingerprint density at radius 3 is 2.67 bits per heavy atom. The third-order valence-corrected chi connectivity index (χ3v) is 2.73. The zero-order valence-electron chi connectivity index (χ0n) is 10.6. The third-order valence-electron chi connectivity index (χ3n) is 2.73. The molecule has 2 rings (SSSR count). The van der Waals surface area contributed by atoms with Crippen LogP contribution in [0.15, 0.2) is 22.6 Å². The molecule has 0 fully saturated rings. The van der Waals surface area contributed by atoms with Gasteiger partial charge in [0, 0.05) is 18.3 Å². The van der Waals surface area contributed by atoms with Crippen LogP contribution < -0.4 is 11.1 Å². The van der Waals surface area contributed by atoms with Crippen LogP contribution in [0.2, 0.25) is 0 Å². The van der Waals surface area contributed by atoms with E-state index in [4.69, 9.17) is 10.2 Å². The fraction of sp³-hybridized carbons (Fsp3) is 0.231. The summed E-state index contributed by atoms with van der Waals surface area (Å²) in [5, 5.41) is 2.77. The summed E-state index contributed by atoms with van der Waals surface area (Å²) in [6, 6.07) is 5.37. The molecule has 0 aliphatic carbocycles. The Kier molecular flexibility index (Phi) is 3.06. The number of carbonyl (C=O) groups is 1. The average Bonchev–Trinajstić information content (AvgIpc) is 2.64. The normalized spacial score (nSPS) is 10.4. The lowest BCUT2D eigenvalue weighted by Gasteiger charge is -2.08. The monoisotopic (exact) mass is 245 g/mol. The average molecular weight is 245 g/mol. The molecule has 0 radical (unpaired) electrons. The van der Waals surface area contributed by atoms with E-state index in [0.29, 0.717) is 23.0 Å². The molecule has 0 bridgehead atoms. The Balaban J connectivity index is 2.27. The minimum Gasteiger partial charge on any atom is -0.436 e. The summed E-state index contributed by atoms with van der Waals surface area (Å²) in [7, 11) is 0. The van der Waals surface area contributed by atoms with Gasteiger partial charge in [0.15, 0.2) is 5.89 Å². The molecule has 2 aromatic rings. The van der Waals surface area contributed by atoms with Gasteiger partial charge in [0.2, 0.25) is 5.76 Å². The van der Waals surface area contributed by atoms with Crippen molar-refractivity contribution in [1.29, 1.82) is 0 Å². The zero-order chi connectivity index (χ0) is 13.3. The predicted octanol–water partition coefficient (Wildman–Crippen LogP) is 2.43. The number of hydrogen-bond donors (Lipinski definition) is 2. The van der Waals surface area contributed by atoms with Crippen LogP contribution >= 0.6 is 0 Å². The smallest absolute Gasteiger partial charge is 0.293 e. The molecule has 1 aromatic heterocycles. The number of rotatable bonds is 2. The van der Waals surface area contributed by atoms with Crippen LogP contribution in [-0.2, 0) is 0 Å². The zero-order valence-corrected chi connectivity index (χ0v) is 10.6. The summed E-state index contributed by atoms with van der Waals surface area (Å²) in [6.45, 7) is 5.29. The van der Waals surface area contributed by atoms with Crippen molar-refractivity contribution in [2.45, 2.75) is 20.8 Å². The summed E-state index contributed by atoms with van der Waals surface area (Å²) in [6.07, 6.45) is 0. The van der Waals surface area contributed by atoms with Crippen LogP contribution in [-0.4, -0.2) is 10.9 Å². The van der Waals surface area contributed by atoms with Gasteiger partial charge in [-0.15, -0.1) is 0 Å². The number of nitrogens with two attached hydrogens (primary N) is 1. The van der Waals surface area contributed by atoms with Gasteiger partial charge in [-0.25, -0.2) is 4.98 Å². The molecule has 0 saturated heterocycles. The maximum Gasteiger partial charge on any atom is 0.293 e. The number of aromatic nitrogens is 1. The van der Waals surface area contributed by atoms with Crippen molar-refractivity contribution in [3.05, 3.63) is 41.1 Å². The third kappa shape index (κ3) is 2.20. The standard InChI is InChI=1S/C13H15N3O2/c1-7-10(14)5-4-6-11(7)16-13(17)12-8(2)15-9(3)18-12/h4-6H,14H2,1-3H3,(H,16,17). The maximum absolute atomic E-state index is 12.0. The van der Waals surface area contributed by atoms with Crippen LogP contribution in [0, 0.1) is 20.8 Å². The number of oxazole rings is 1. The molecule has 0 unspecified atom stereocenters. The van der Waals surface area contributed by atoms with E-state index in [1.54, 1.807) is 32.0 Å². The minimum absolute atomic E-state index is 0.231. The predicted molar refractivity (Wildman–Crippen MR) is 69.5 cm³/mol. The van der Waals surface area contributed by atoms with Gasteiger partial charge in [-0.2, -0.15) is 0 Å². The van der Waals surface area contributed by atoms with Crippen molar-refractivity contribution in [2.24, 2.45) is 0 Å². The number of carbonyl (C=O) groups excluding carboxylic acids is 1. The van der Waals surface area contributed by atoms with Crippen LogP contribution in [0.25, 0.3) is 0 Å². The first-order chi connectivity index (χ1) is 8.49. The van der Waals surface area contributed by atoms with Gasteiger partial charge in [0.1, 0.15) is 0 Å². The van der Waals surface area contributed by atoms with Crippen molar-refractivity contribution in [3.8, 4) is 0 Å². The van der Waals surface area contributed by atoms with E-state index in [1.807, 2.05) is 6.92 Å². The second-order valence-electron chi connectivity index (χ2n) is 4.12. The second kappa shape index (κ2) is 4.52. The van der Waals surface area contributed by atoms with Crippen LogP contribution in [0.4, 0.5) is 11.4 Å². The number of nitrogen functional groups attached to an aromatic ring is 1. The van der Waals surface area contributed by atoms with Gasteiger partial charge in [0.25, 0.3) is 5.91 Å². The highest BCUT2D eigenvalue weighted by molar-refractivity contribution is 6.03. The Hall–Kier alpha value is -2.30. The van der Waals surface area contributed by atoms with Gasteiger partial charge in [-0.3, -0.25) is 4.79 Å². The first-order valence-corrected chi connectivity index (χ1v) is 5.59. The summed E-state index contributed by atoms with van der Waals surface area (Å²) < 4.78 is 5.26. The maximum atomic E-state index is 12.0. The van der Waals surface area contributed by atoms with Crippen LogP contribution in [0.5, 0.6) is 0 Å². The van der Waals surface area contributed by atoms with Crippen molar-refractivity contribution >= 4 is 17.3 Å². The number of anilines is 2. The molecule has 94 valence electrons. The molecule has 0 atom stereocenters. The molecule has 0 aliphatic rings. The van der Waals surface area contributed by atoms with E-state index in [2.05, 4.69) is 10.3 Å². The number of amides is 1. The molecule has 0 aliphatic heterocycles. The summed E-state index contributed by atoms with van der Waals surface area (Å²) >= 11 is 0. The van der Waals surface area contributed by atoms with E-state index < -0.39 is 0 Å². The van der Waals surface area contributed by atoms with Crippen molar-refractivity contribution in [3.63, 3.8) is 0 Å². The fourth-order valence-corrected chi connectivity index (χ4v) is 1.71. The number of nitrogens with zero attached hydrogens (tertiary/aromatic N) is 1. The van der Waals surface area contributed by atoms with E-state index in [9.17, 15) is 4.79 Å². The highest BCUT2D eigenvalue weighted by Crippen LogP contribution is 2.21. The van der Waals surface area contributed by atoms with Crippen molar-refractivity contribution in [2.75, 3.05) is 11.1 Å². The Labute approximate surface area is 105 Å². The molecule has 5 nitrogen and oxygen atoms in total. The highest BCUT2D eigenvalue weighted by Gasteiger charge is 2.16. The largest absolute Gasteiger partial charge is 0.436 e. The molecule has 1 heterocycles. The Morgan fingerprint density at radius 1 is 1.33 bits per heavy atom. The van der Waals surface area contributed by atoms with E-state index in [-0.39, 0.29) is 11.7 Å². The molecule has 18 heavy (non-hydrogen) atoms. The minimum atomic E-state index is -0.318. The molecule has 0 spiro atoms. The summed E-state index contributed by atoms with van der Waals surface area (Å²) in [5.41, 5.74) is 8.50. The molecule has 3 N–H and O–H groups in total. The summed E-state index contributed by atoms with van der Waals surface area (Å²) in [4.78, 5) is 16.1. The van der Waals surface area contributed by atoms with E-state index >= 15 is 0 Å². The molecule has 1 aromatic carbocycles. The SMILES string of the molecule is Cc1nc(C)c(C(=O)Nc2cccc(N)c2C)o1. The summed E-state index contributed by atoms with van der Waals surface area (Å²) in [5.74, 6) is 0.387. The van der Waals surface area contributed by atoms with Crippen LogP contribution in [0.1, 0.15) is 27.7 Å². The lowest BCUT2D eigenvalue weighted by atomic mass is 10.1. The number of hydrogen-bond acceptors (Lipinski definition) is 4.